The van der Waals surface area contributed by atoms with E-state index in [4.69, 9.17) is 18.8 Å². The SMILES string of the molecule is COc1ccc(-c2nonc2NC(=O)[C@H]2COc3ccccc3O2)cc1. The molecular weight excluding hydrogens is 338 g/mol. The minimum atomic E-state index is -0.801. The van der Waals surface area contributed by atoms with E-state index in [1.807, 2.05) is 12.1 Å². The minimum Gasteiger partial charge on any atom is -0.497 e. The van der Waals surface area contributed by atoms with E-state index in [0.717, 1.165) is 5.56 Å². The molecule has 0 aliphatic carbocycles. The topological polar surface area (TPSA) is 95.7 Å². The number of hydrogen-bond acceptors (Lipinski definition) is 7. The first-order valence-corrected chi connectivity index (χ1v) is 7.91. The van der Waals surface area contributed by atoms with Gasteiger partial charge < -0.3 is 19.5 Å². The first-order chi connectivity index (χ1) is 12.7. The van der Waals surface area contributed by atoms with Gasteiger partial charge in [0.2, 0.25) is 11.9 Å². The lowest BCUT2D eigenvalue weighted by molar-refractivity contribution is -0.125. The van der Waals surface area contributed by atoms with E-state index in [0.29, 0.717) is 22.9 Å². The van der Waals surface area contributed by atoms with Gasteiger partial charge in [-0.3, -0.25) is 4.79 Å². The second-order valence-corrected chi connectivity index (χ2v) is 5.54. The Morgan fingerprint density at radius 2 is 1.88 bits per heavy atom. The standard InChI is InChI=1S/C18H15N3O5/c1-23-12-8-6-11(7-9-12)16-17(21-26-20-16)19-18(22)15-10-24-13-4-2-3-5-14(13)25-15/h2-9,15H,10H2,1H3,(H,19,21,22)/t15-/m1/s1. The number of methoxy groups -OCH3 is 1. The molecule has 1 N–H and O–H groups in total. The molecule has 0 unspecified atom stereocenters. The summed E-state index contributed by atoms with van der Waals surface area (Å²) in [7, 11) is 1.59. The van der Waals surface area contributed by atoms with Gasteiger partial charge in [0.25, 0.3) is 5.91 Å². The number of benzene rings is 2. The van der Waals surface area contributed by atoms with E-state index >= 15 is 0 Å². The van der Waals surface area contributed by atoms with Crippen LogP contribution in [0.4, 0.5) is 5.82 Å². The number of para-hydroxylation sites is 2. The number of carbonyl (C=O) groups excluding carboxylic acids is 1. The quantitative estimate of drug-likeness (QED) is 0.770. The maximum absolute atomic E-state index is 12.5. The summed E-state index contributed by atoms with van der Waals surface area (Å²) in [6, 6.07) is 14.3. The summed E-state index contributed by atoms with van der Waals surface area (Å²) in [4.78, 5) is 12.5. The lowest BCUT2D eigenvalue weighted by Crippen LogP contribution is -2.40. The Morgan fingerprint density at radius 3 is 2.65 bits per heavy atom. The number of rotatable bonds is 4. The number of nitrogens with zero attached hydrogens (tertiary/aromatic N) is 2. The second kappa shape index (κ2) is 6.75. The summed E-state index contributed by atoms with van der Waals surface area (Å²) in [6.45, 7) is 0.103. The van der Waals surface area contributed by atoms with Gasteiger partial charge in [0, 0.05) is 5.56 Å². The largest absolute Gasteiger partial charge is 0.497 e. The predicted molar refractivity (Wildman–Crippen MR) is 91.3 cm³/mol. The number of anilines is 1. The summed E-state index contributed by atoms with van der Waals surface area (Å²) in [6.07, 6.45) is -0.801. The summed E-state index contributed by atoms with van der Waals surface area (Å²) in [5.41, 5.74) is 1.15. The molecular formula is C18H15N3O5. The maximum Gasteiger partial charge on any atom is 0.270 e. The first-order valence-electron chi connectivity index (χ1n) is 7.91. The molecule has 1 aromatic heterocycles. The van der Waals surface area contributed by atoms with Crippen molar-refractivity contribution in [2.24, 2.45) is 0 Å². The third kappa shape index (κ3) is 3.04. The summed E-state index contributed by atoms with van der Waals surface area (Å²) in [5.74, 6) is 1.65. The highest BCUT2D eigenvalue weighted by Gasteiger charge is 2.29. The summed E-state index contributed by atoms with van der Waals surface area (Å²) < 4.78 is 21.2. The van der Waals surface area contributed by atoms with E-state index in [1.54, 1.807) is 43.5 Å². The highest BCUT2D eigenvalue weighted by molar-refractivity contribution is 5.96. The molecule has 0 saturated carbocycles. The third-order valence-corrected chi connectivity index (χ3v) is 3.89. The highest BCUT2D eigenvalue weighted by Crippen LogP contribution is 2.31. The van der Waals surface area contributed by atoms with Crippen LogP contribution in [-0.2, 0) is 4.79 Å². The Morgan fingerprint density at radius 1 is 1.12 bits per heavy atom. The molecule has 132 valence electrons. The average Bonchev–Trinajstić information content (AvgIpc) is 3.15. The molecule has 1 amide bonds. The molecule has 3 aromatic rings. The van der Waals surface area contributed by atoms with Crippen LogP contribution in [0, 0.1) is 0 Å². The fourth-order valence-electron chi connectivity index (χ4n) is 2.55. The van der Waals surface area contributed by atoms with E-state index in [9.17, 15) is 4.79 Å². The minimum absolute atomic E-state index is 0.103. The van der Waals surface area contributed by atoms with Crippen molar-refractivity contribution in [1.82, 2.24) is 10.3 Å². The number of nitrogens with one attached hydrogen (secondary N) is 1. The average molecular weight is 353 g/mol. The Hall–Kier alpha value is -3.55. The summed E-state index contributed by atoms with van der Waals surface area (Å²) >= 11 is 0. The van der Waals surface area contributed by atoms with Gasteiger partial charge in [-0.25, -0.2) is 4.63 Å². The number of fused-ring (bicyclic) bond motifs is 1. The Kier molecular flexibility index (Phi) is 4.14. The van der Waals surface area contributed by atoms with Crippen LogP contribution in [0.2, 0.25) is 0 Å². The van der Waals surface area contributed by atoms with Crippen molar-refractivity contribution in [3.8, 4) is 28.5 Å². The molecule has 1 atom stereocenters. The fourth-order valence-corrected chi connectivity index (χ4v) is 2.55. The van der Waals surface area contributed by atoms with Crippen LogP contribution in [0.3, 0.4) is 0 Å². The van der Waals surface area contributed by atoms with Crippen LogP contribution in [0.5, 0.6) is 17.2 Å². The molecule has 0 saturated heterocycles. The molecule has 26 heavy (non-hydrogen) atoms. The van der Waals surface area contributed by atoms with Crippen molar-refractivity contribution in [3.63, 3.8) is 0 Å². The normalized spacial score (nSPS) is 15.3. The molecule has 0 radical (unpaired) electrons. The van der Waals surface area contributed by atoms with Gasteiger partial charge in [-0.05, 0) is 46.7 Å². The maximum atomic E-state index is 12.5. The third-order valence-electron chi connectivity index (χ3n) is 3.89. The van der Waals surface area contributed by atoms with E-state index in [1.165, 1.54) is 0 Å². The number of aromatic nitrogens is 2. The van der Waals surface area contributed by atoms with Crippen LogP contribution in [0.15, 0.2) is 53.2 Å². The summed E-state index contributed by atoms with van der Waals surface area (Å²) in [5, 5.41) is 10.3. The molecule has 4 rings (SSSR count). The Balaban J connectivity index is 1.50. The van der Waals surface area contributed by atoms with Crippen molar-refractivity contribution in [3.05, 3.63) is 48.5 Å². The van der Waals surface area contributed by atoms with Crippen LogP contribution in [-0.4, -0.2) is 36.0 Å². The van der Waals surface area contributed by atoms with Crippen LogP contribution in [0.1, 0.15) is 0 Å². The van der Waals surface area contributed by atoms with E-state index in [2.05, 4.69) is 15.6 Å². The Labute approximate surface area is 148 Å². The Bertz CT molecular complexity index is 923. The molecule has 0 bridgehead atoms. The molecule has 1 aliphatic heterocycles. The zero-order chi connectivity index (χ0) is 17.9. The molecule has 2 heterocycles. The molecule has 0 spiro atoms. The zero-order valence-electron chi connectivity index (χ0n) is 13.8. The lowest BCUT2D eigenvalue weighted by Gasteiger charge is -2.25. The molecule has 0 fully saturated rings. The second-order valence-electron chi connectivity index (χ2n) is 5.54. The van der Waals surface area contributed by atoms with Gasteiger partial charge in [-0.1, -0.05) is 12.1 Å². The van der Waals surface area contributed by atoms with Crippen molar-refractivity contribution in [2.45, 2.75) is 6.10 Å². The molecule has 8 heteroatoms. The smallest absolute Gasteiger partial charge is 0.270 e. The van der Waals surface area contributed by atoms with Crippen molar-refractivity contribution in [2.75, 3.05) is 19.0 Å². The molecule has 1 aliphatic rings. The van der Waals surface area contributed by atoms with Gasteiger partial charge >= 0.3 is 0 Å². The number of ether oxygens (including phenoxy) is 3. The van der Waals surface area contributed by atoms with Gasteiger partial charge in [0.1, 0.15) is 12.4 Å². The monoisotopic (exact) mass is 353 g/mol. The zero-order valence-corrected chi connectivity index (χ0v) is 13.8. The molecule has 8 nitrogen and oxygen atoms in total. The predicted octanol–water partition coefficient (Wildman–Crippen LogP) is 2.52. The van der Waals surface area contributed by atoms with Crippen molar-refractivity contribution in [1.29, 1.82) is 0 Å². The van der Waals surface area contributed by atoms with Crippen molar-refractivity contribution >= 4 is 11.7 Å². The number of carbonyl (C=O) groups is 1. The van der Waals surface area contributed by atoms with Crippen LogP contribution in [0.25, 0.3) is 11.3 Å². The van der Waals surface area contributed by atoms with Crippen LogP contribution >= 0.6 is 0 Å². The van der Waals surface area contributed by atoms with Gasteiger partial charge in [0.15, 0.2) is 17.2 Å². The van der Waals surface area contributed by atoms with Crippen molar-refractivity contribution < 1.29 is 23.6 Å². The number of hydrogen-bond donors (Lipinski definition) is 1. The van der Waals surface area contributed by atoms with E-state index < -0.39 is 12.0 Å². The van der Waals surface area contributed by atoms with E-state index in [-0.39, 0.29) is 12.4 Å². The lowest BCUT2D eigenvalue weighted by atomic mass is 10.1. The first kappa shape index (κ1) is 15.9. The highest BCUT2D eigenvalue weighted by atomic mass is 16.6. The van der Waals surface area contributed by atoms with Gasteiger partial charge in [-0.2, -0.15) is 0 Å². The fraction of sp³-hybridized carbons (Fsp3) is 0.167. The van der Waals surface area contributed by atoms with Gasteiger partial charge in [-0.15, -0.1) is 0 Å². The van der Waals surface area contributed by atoms with Gasteiger partial charge in [0.05, 0.1) is 7.11 Å². The number of amides is 1. The van der Waals surface area contributed by atoms with Crippen LogP contribution < -0.4 is 19.5 Å². The molecule has 2 aromatic carbocycles.